The Balaban J connectivity index is 0.00000228. The molecule has 0 aromatic carbocycles. The molecule has 0 aliphatic carbocycles. The zero-order valence-corrected chi connectivity index (χ0v) is 23.8. The molecule has 0 bridgehead atoms. The maximum atomic E-state index is 5.80. The number of rotatable bonds is 13. The van der Waals surface area contributed by atoms with E-state index in [1.165, 1.54) is 44.4 Å². The fourth-order valence-corrected chi connectivity index (χ4v) is 5.04. The Labute approximate surface area is 233 Å². The van der Waals surface area contributed by atoms with Crippen molar-refractivity contribution >= 4 is 34.6 Å². The van der Waals surface area contributed by atoms with E-state index in [9.17, 15) is 0 Å². The molecule has 4 rings (SSSR count). The number of nitrogens with zero attached hydrogens (tertiary/aromatic N) is 4. The lowest BCUT2D eigenvalue weighted by atomic mass is 10.1. The molecule has 0 saturated heterocycles. The van der Waals surface area contributed by atoms with Gasteiger partial charge in [0.15, 0.2) is 0 Å². The zero-order valence-electron chi connectivity index (χ0n) is 20.6. The van der Waals surface area contributed by atoms with Gasteiger partial charge >= 0.3 is 0 Å². The Kier molecular flexibility index (Phi) is 14.1. The Morgan fingerprint density at radius 2 is 1.08 bits per heavy atom. The van der Waals surface area contributed by atoms with Crippen LogP contribution in [0.2, 0.25) is 0 Å². The number of nitrogens with one attached hydrogen (secondary N) is 2. The third-order valence-corrected chi connectivity index (χ3v) is 6.76. The van der Waals surface area contributed by atoms with Crippen LogP contribution in [0.4, 0.5) is 0 Å². The highest BCUT2D eigenvalue weighted by Crippen LogP contribution is 2.25. The Bertz CT molecular complexity index is 898. The van der Waals surface area contributed by atoms with Crippen LogP contribution in [0.15, 0.2) is 12.2 Å². The van der Waals surface area contributed by atoms with Gasteiger partial charge in [-0.25, -0.2) is 0 Å². The molecule has 2 N–H and O–H groups in total. The number of quaternary nitrogens is 2. The minimum Gasteiger partial charge on any atom is -1.00 e. The summed E-state index contributed by atoms with van der Waals surface area (Å²) in [6.45, 7) is 7.02. The standard InChI is InChI=1S/C22H32N6O4S2.2ClH/c1-27-7-3-5-17(15-27)19-21(25-33-23-19)31-13-11-29-9-10-30-12-14-32-22-20(24-34-26-22)18-6-4-8-28(2)16-18;;/h5-6H,3-4,7-16H2,1-2H3;2*1H. The molecule has 2 aliphatic heterocycles. The van der Waals surface area contributed by atoms with Crippen molar-refractivity contribution in [2.45, 2.75) is 12.8 Å². The average Bonchev–Trinajstić information content (AvgIpc) is 3.50. The van der Waals surface area contributed by atoms with Crippen LogP contribution >= 0.6 is 23.5 Å². The summed E-state index contributed by atoms with van der Waals surface area (Å²) in [5, 5.41) is 0. The van der Waals surface area contributed by atoms with E-state index in [2.05, 4.69) is 43.7 Å². The van der Waals surface area contributed by atoms with Gasteiger partial charge in [-0.15, -0.1) is 8.75 Å². The molecule has 14 heteroatoms. The van der Waals surface area contributed by atoms with Crippen molar-refractivity contribution in [3.63, 3.8) is 0 Å². The van der Waals surface area contributed by atoms with Crippen molar-refractivity contribution in [3.8, 4) is 11.8 Å². The first-order valence-electron chi connectivity index (χ1n) is 11.8. The van der Waals surface area contributed by atoms with Crippen molar-refractivity contribution in [2.75, 3.05) is 79.9 Å². The first kappa shape index (κ1) is 30.8. The summed E-state index contributed by atoms with van der Waals surface area (Å²) in [6.07, 6.45) is 6.61. The summed E-state index contributed by atoms with van der Waals surface area (Å²) in [5.74, 6) is 1.21. The SMILES string of the molecule is C[NH+]1CCC=C(c2nsnc2OCCOCCOCCOc2nsnc2C2=CCC[NH+](C)C2)C1.[Cl-].[Cl-]. The third kappa shape index (κ3) is 9.18. The van der Waals surface area contributed by atoms with Crippen LogP contribution in [-0.2, 0) is 9.47 Å². The van der Waals surface area contributed by atoms with Crippen molar-refractivity contribution in [3.05, 3.63) is 23.5 Å². The van der Waals surface area contributed by atoms with Crippen LogP contribution in [-0.4, -0.2) is 97.4 Å². The summed E-state index contributed by atoms with van der Waals surface area (Å²) in [4.78, 5) is 2.95. The maximum Gasteiger partial charge on any atom is 0.253 e. The highest BCUT2D eigenvalue weighted by Gasteiger charge is 2.21. The normalized spacial score (nSPS) is 19.5. The van der Waals surface area contributed by atoms with Gasteiger partial charge in [0.25, 0.3) is 11.8 Å². The topological polar surface area (TPSA) is 97.4 Å². The molecule has 0 spiro atoms. The van der Waals surface area contributed by atoms with Gasteiger partial charge in [-0.2, -0.15) is 8.75 Å². The molecule has 0 radical (unpaired) electrons. The second-order valence-corrected chi connectivity index (χ2v) is 9.62. The monoisotopic (exact) mass is 580 g/mol. The highest BCUT2D eigenvalue weighted by atomic mass is 35.5. The summed E-state index contributed by atoms with van der Waals surface area (Å²) >= 11 is 2.38. The van der Waals surface area contributed by atoms with E-state index < -0.39 is 0 Å². The summed E-state index contributed by atoms with van der Waals surface area (Å²) in [6, 6.07) is 0. The van der Waals surface area contributed by atoms with Gasteiger partial charge < -0.3 is 53.6 Å². The molecule has 2 aliphatic rings. The van der Waals surface area contributed by atoms with Crippen molar-refractivity contribution < 1.29 is 53.6 Å². The number of hydrogen-bond donors (Lipinski definition) is 2. The van der Waals surface area contributed by atoms with Crippen molar-refractivity contribution in [2.24, 2.45) is 0 Å². The second-order valence-electron chi connectivity index (χ2n) is 8.56. The van der Waals surface area contributed by atoms with Crippen LogP contribution in [0.5, 0.6) is 11.8 Å². The quantitative estimate of drug-likeness (QED) is 0.226. The van der Waals surface area contributed by atoms with Crippen LogP contribution in [0, 0.1) is 0 Å². The summed E-state index contributed by atoms with van der Waals surface area (Å²) in [7, 11) is 4.38. The van der Waals surface area contributed by atoms with E-state index in [1.807, 2.05) is 0 Å². The second kappa shape index (κ2) is 16.5. The molecule has 0 amide bonds. The van der Waals surface area contributed by atoms with Gasteiger partial charge in [0, 0.05) is 24.0 Å². The summed E-state index contributed by atoms with van der Waals surface area (Å²) < 4.78 is 40.3. The molecule has 202 valence electrons. The first-order valence-corrected chi connectivity index (χ1v) is 13.2. The zero-order chi connectivity index (χ0) is 23.6. The van der Waals surface area contributed by atoms with E-state index in [0.29, 0.717) is 51.4 Å². The largest absolute Gasteiger partial charge is 1.00 e. The smallest absolute Gasteiger partial charge is 0.253 e. The Hall–Kier alpha value is -1.38. The van der Waals surface area contributed by atoms with E-state index in [-0.39, 0.29) is 24.8 Å². The fourth-order valence-electron chi connectivity index (χ4n) is 3.98. The minimum absolute atomic E-state index is 0. The predicted molar refractivity (Wildman–Crippen MR) is 131 cm³/mol. The summed E-state index contributed by atoms with van der Waals surface area (Å²) in [5.41, 5.74) is 4.18. The third-order valence-electron chi connectivity index (χ3n) is 5.74. The van der Waals surface area contributed by atoms with Crippen LogP contribution in [0.1, 0.15) is 24.2 Å². The van der Waals surface area contributed by atoms with Crippen LogP contribution in [0.3, 0.4) is 0 Å². The van der Waals surface area contributed by atoms with Gasteiger partial charge in [0.1, 0.15) is 37.7 Å². The lowest BCUT2D eigenvalue weighted by molar-refractivity contribution is -0.872. The Morgan fingerprint density at radius 3 is 1.50 bits per heavy atom. The predicted octanol–water partition coefficient (Wildman–Crippen LogP) is -6.51. The molecule has 2 unspecified atom stereocenters. The molecular formula is C22H34Cl2N6O4S2. The molecule has 4 heterocycles. The minimum atomic E-state index is 0. The molecule has 0 saturated carbocycles. The average molecular weight is 582 g/mol. The van der Waals surface area contributed by atoms with Gasteiger partial charge in [0.05, 0.1) is 77.1 Å². The van der Waals surface area contributed by atoms with Gasteiger partial charge in [-0.05, 0) is 0 Å². The number of hydrogen-bond acceptors (Lipinski definition) is 10. The fraction of sp³-hybridized carbons (Fsp3) is 0.636. The van der Waals surface area contributed by atoms with Gasteiger partial charge in [0.2, 0.25) is 0 Å². The van der Waals surface area contributed by atoms with Gasteiger partial charge in [-0.1, -0.05) is 12.2 Å². The molecule has 0 fully saturated rings. The number of likely N-dealkylation sites (N-methyl/N-ethyl adjacent to an activating group) is 2. The highest BCUT2D eigenvalue weighted by molar-refractivity contribution is 6.99. The maximum absolute atomic E-state index is 5.80. The molecule has 10 nitrogen and oxygen atoms in total. The lowest BCUT2D eigenvalue weighted by Gasteiger charge is -2.19. The lowest BCUT2D eigenvalue weighted by Crippen LogP contribution is -3.09. The molecule has 2 aromatic heterocycles. The van der Waals surface area contributed by atoms with Crippen LogP contribution in [0.25, 0.3) is 11.1 Å². The number of ether oxygens (including phenoxy) is 4. The van der Waals surface area contributed by atoms with E-state index in [1.54, 1.807) is 0 Å². The van der Waals surface area contributed by atoms with Crippen LogP contribution < -0.4 is 44.1 Å². The molecule has 2 aromatic rings. The van der Waals surface area contributed by atoms with E-state index >= 15 is 0 Å². The Morgan fingerprint density at radius 1 is 0.667 bits per heavy atom. The number of aromatic nitrogens is 4. The molecule has 36 heavy (non-hydrogen) atoms. The number of halogens is 2. The molecular weight excluding hydrogens is 547 g/mol. The van der Waals surface area contributed by atoms with E-state index in [4.69, 9.17) is 18.9 Å². The first-order chi connectivity index (χ1) is 16.7. The molecule has 2 atom stereocenters. The van der Waals surface area contributed by atoms with E-state index in [0.717, 1.165) is 50.4 Å². The van der Waals surface area contributed by atoms with Crippen molar-refractivity contribution in [1.29, 1.82) is 0 Å². The van der Waals surface area contributed by atoms with Crippen molar-refractivity contribution in [1.82, 2.24) is 17.5 Å². The van der Waals surface area contributed by atoms with Gasteiger partial charge in [-0.3, -0.25) is 0 Å².